The van der Waals surface area contributed by atoms with E-state index in [0.29, 0.717) is 0 Å². The van der Waals surface area contributed by atoms with Crippen molar-refractivity contribution in [2.75, 3.05) is 26.2 Å². The molecule has 2 bridgehead atoms. The van der Waals surface area contributed by atoms with Gasteiger partial charge in [0.1, 0.15) is 0 Å². The number of rotatable bonds is 6. The molecule has 3 fully saturated rings. The van der Waals surface area contributed by atoms with Gasteiger partial charge in [-0.05, 0) is 50.7 Å². The number of fused-ring (bicyclic) bond motifs is 4. The molecule has 3 heterocycles. The molecule has 14 nitrogen and oxygen atoms in total. The van der Waals surface area contributed by atoms with E-state index in [2.05, 4.69) is 10.2 Å². The van der Waals surface area contributed by atoms with E-state index in [9.17, 15) is 19.2 Å². The topological polar surface area (TPSA) is 245 Å². The third-order valence-electron chi connectivity index (χ3n) is 5.79. The van der Waals surface area contributed by atoms with E-state index in [4.69, 9.17) is 40.9 Å². The van der Waals surface area contributed by atoms with Crippen LogP contribution in [0.1, 0.15) is 25.7 Å². The van der Waals surface area contributed by atoms with Gasteiger partial charge in [-0.1, -0.05) is 6.42 Å². The van der Waals surface area contributed by atoms with Crippen LogP contribution in [0.15, 0.2) is 0 Å². The highest BCUT2D eigenvalue weighted by Gasteiger charge is 2.38. The van der Waals surface area contributed by atoms with Crippen molar-refractivity contribution in [3.63, 3.8) is 0 Å². The maximum Gasteiger partial charge on any atom is 0.335 e. The van der Waals surface area contributed by atoms with Crippen LogP contribution in [0.2, 0.25) is 0 Å². The Morgan fingerprint density at radius 1 is 0.727 bits per heavy atom. The Morgan fingerprint density at radius 3 is 1.61 bits per heavy atom. The lowest BCUT2D eigenvalue weighted by molar-refractivity contribution is -0.165. The Kier molecular flexibility index (Phi) is 11.6. The number of piperidine rings is 3. The van der Waals surface area contributed by atoms with Crippen LogP contribution in [0.4, 0.5) is 0 Å². The van der Waals surface area contributed by atoms with E-state index >= 15 is 0 Å². The van der Waals surface area contributed by atoms with Crippen LogP contribution in [0.3, 0.4) is 0 Å². The highest BCUT2D eigenvalue weighted by molar-refractivity contribution is 5.83. The number of hydrogen-bond acceptors (Lipinski definition) is 10. The van der Waals surface area contributed by atoms with Crippen LogP contribution in [0.25, 0.3) is 0 Å². The zero-order valence-electron chi connectivity index (χ0n) is 17.9. The first kappa shape index (κ1) is 28.7. The molecule has 0 aromatic rings. The predicted octanol–water partition coefficient (Wildman–Crippen LogP) is -3.16. The van der Waals surface area contributed by atoms with Gasteiger partial charge < -0.3 is 46.2 Å². The van der Waals surface area contributed by atoms with Crippen molar-refractivity contribution in [1.29, 1.82) is 0 Å². The summed E-state index contributed by atoms with van der Waals surface area (Å²) in [4.78, 5) is 41.9. The first-order valence-corrected chi connectivity index (χ1v) is 10.4. The van der Waals surface area contributed by atoms with Crippen molar-refractivity contribution in [1.82, 2.24) is 10.2 Å². The Balaban J connectivity index is 0.000000253. The molecule has 0 spiro atoms. The zero-order valence-corrected chi connectivity index (χ0v) is 17.9. The van der Waals surface area contributed by atoms with Crippen molar-refractivity contribution < 1.29 is 60.0 Å². The normalized spacial score (nSPS) is 27.6. The SMILES string of the molecule is C1CCN2C[C@H]3CNC[C@@H](C3)C2C1.O=C(O)[C@H](O)[C@@H](O)C(=O)O.O=C(O)[C@H](O)[C@@H](O)C(=O)O. The van der Waals surface area contributed by atoms with E-state index < -0.39 is 48.3 Å². The number of hydrogen-bond donors (Lipinski definition) is 9. The van der Waals surface area contributed by atoms with Gasteiger partial charge in [-0.2, -0.15) is 0 Å². The zero-order chi connectivity index (χ0) is 25.3. The summed E-state index contributed by atoms with van der Waals surface area (Å²) in [6.07, 6.45) is -3.16. The smallest absolute Gasteiger partial charge is 0.335 e. The van der Waals surface area contributed by atoms with Crippen LogP contribution < -0.4 is 5.32 Å². The van der Waals surface area contributed by atoms with Crippen LogP contribution in [-0.2, 0) is 19.2 Å². The van der Waals surface area contributed by atoms with Crippen LogP contribution in [0.5, 0.6) is 0 Å². The average molecular weight is 480 g/mol. The van der Waals surface area contributed by atoms with Gasteiger partial charge in [0.05, 0.1) is 0 Å². The number of aliphatic carboxylic acids is 4. The standard InChI is InChI=1S/C11H20N2.2C4H6O6/c1-2-4-13-8-9-5-10(7-12-6-9)11(13)3-1;2*5-1(3(7)8)2(6)4(9)10/h9-12H,1-8H2;2*1-2,5-6H,(H,7,8)(H,9,10)/t9-,10-,11?;2*1-,2-/m111/s1. The van der Waals surface area contributed by atoms with Gasteiger partial charge in [-0.25, -0.2) is 19.2 Å². The number of aliphatic hydroxyl groups is 4. The molecule has 33 heavy (non-hydrogen) atoms. The number of carboxylic acid groups (broad SMARTS) is 4. The summed E-state index contributed by atoms with van der Waals surface area (Å²) in [5, 5.41) is 68.6. The lowest BCUT2D eigenvalue weighted by Gasteiger charge is -2.50. The van der Waals surface area contributed by atoms with Crippen molar-refractivity contribution in [2.24, 2.45) is 11.8 Å². The summed E-state index contributed by atoms with van der Waals surface area (Å²) in [6, 6.07) is 0.942. The van der Waals surface area contributed by atoms with Gasteiger partial charge in [-0.3, -0.25) is 4.90 Å². The van der Waals surface area contributed by atoms with Gasteiger partial charge in [0, 0.05) is 12.6 Å². The first-order chi connectivity index (χ1) is 15.4. The molecule has 3 aliphatic rings. The number of aliphatic hydroxyl groups excluding tert-OH is 4. The third kappa shape index (κ3) is 8.83. The fourth-order valence-electron chi connectivity index (χ4n) is 4.15. The van der Waals surface area contributed by atoms with Gasteiger partial charge in [-0.15, -0.1) is 0 Å². The van der Waals surface area contributed by atoms with Crippen molar-refractivity contribution in [3.05, 3.63) is 0 Å². The lowest BCUT2D eigenvalue weighted by Crippen LogP contribution is -2.58. The van der Waals surface area contributed by atoms with E-state index in [-0.39, 0.29) is 0 Å². The molecule has 14 heteroatoms. The number of nitrogens with one attached hydrogen (secondary N) is 1. The van der Waals surface area contributed by atoms with Crippen molar-refractivity contribution in [2.45, 2.75) is 56.1 Å². The predicted molar refractivity (Wildman–Crippen MR) is 108 cm³/mol. The minimum absolute atomic E-state index is 0.942. The lowest BCUT2D eigenvalue weighted by atomic mass is 9.77. The fourth-order valence-corrected chi connectivity index (χ4v) is 4.15. The van der Waals surface area contributed by atoms with E-state index in [1.807, 2.05) is 0 Å². The van der Waals surface area contributed by atoms with E-state index in [0.717, 1.165) is 17.9 Å². The van der Waals surface area contributed by atoms with Gasteiger partial charge in [0.15, 0.2) is 24.4 Å². The summed E-state index contributed by atoms with van der Waals surface area (Å²) in [5.41, 5.74) is 0. The second-order valence-corrected chi connectivity index (χ2v) is 8.21. The van der Waals surface area contributed by atoms with Crippen LogP contribution >= 0.6 is 0 Å². The Bertz CT molecular complexity index is 614. The second kappa shape index (κ2) is 13.4. The molecule has 0 saturated carbocycles. The molecule has 9 N–H and O–H groups in total. The Hall–Kier alpha value is -2.36. The van der Waals surface area contributed by atoms with Crippen molar-refractivity contribution in [3.8, 4) is 0 Å². The Labute approximate surface area is 189 Å². The average Bonchev–Trinajstić information content (AvgIpc) is 2.77. The van der Waals surface area contributed by atoms with Gasteiger partial charge in [0.2, 0.25) is 0 Å². The summed E-state index contributed by atoms with van der Waals surface area (Å²) >= 11 is 0. The first-order valence-electron chi connectivity index (χ1n) is 10.4. The molecular weight excluding hydrogens is 448 g/mol. The van der Waals surface area contributed by atoms with Crippen LogP contribution in [-0.4, -0.2) is 126 Å². The Morgan fingerprint density at radius 2 is 1.18 bits per heavy atom. The molecule has 7 atom stereocenters. The molecule has 1 unspecified atom stereocenters. The molecule has 0 radical (unpaired) electrons. The maximum absolute atomic E-state index is 9.77. The monoisotopic (exact) mass is 480 g/mol. The number of carboxylic acids is 4. The molecule has 0 aromatic heterocycles. The molecular formula is C19H32N2O12. The summed E-state index contributed by atoms with van der Waals surface area (Å²) < 4.78 is 0. The molecule has 3 aliphatic heterocycles. The largest absolute Gasteiger partial charge is 0.479 e. The van der Waals surface area contributed by atoms with E-state index in [1.54, 1.807) is 0 Å². The molecule has 3 saturated heterocycles. The molecule has 190 valence electrons. The minimum atomic E-state index is -2.27. The highest BCUT2D eigenvalue weighted by Crippen LogP contribution is 2.34. The van der Waals surface area contributed by atoms with Crippen LogP contribution in [0, 0.1) is 11.8 Å². The summed E-state index contributed by atoms with van der Waals surface area (Å²) in [5.74, 6) is -5.13. The third-order valence-corrected chi connectivity index (χ3v) is 5.79. The quantitative estimate of drug-likeness (QED) is 0.182. The molecule has 3 rings (SSSR count). The molecule has 0 aromatic carbocycles. The fraction of sp³-hybridized carbons (Fsp3) is 0.789. The number of carbonyl (C=O) groups is 4. The molecule has 0 amide bonds. The van der Waals surface area contributed by atoms with Gasteiger partial charge in [0.25, 0.3) is 0 Å². The van der Waals surface area contributed by atoms with Gasteiger partial charge >= 0.3 is 23.9 Å². The number of nitrogens with zero attached hydrogens (tertiary/aromatic N) is 1. The minimum Gasteiger partial charge on any atom is -0.479 e. The van der Waals surface area contributed by atoms with E-state index in [1.165, 1.54) is 51.9 Å². The molecule has 0 aliphatic carbocycles. The summed E-state index contributed by atoms with van der Waals surface area (Å²) in [7, 11) is 0. The summed E-state index contributed by atoms with van der Waals surface area (Å²) in [6.45, 7) is 5.34. The maximum atomic E-state index is 9.77. The highest BCUT2D eigenvalue weighted by atomic mass is 16.4. The second-order valence-electron chi connectivity index (χ2n) is 8.21. The van der Waals surface area contributed by atoms with Crippen molar-refractivity contribution >= 4 is 23.9 Å².